The maximum absolute atomic E-state index is 13.6. The maximum Gasteiger partial charge on any atom is 0.258 e. The number of hydrogen-bond acceptors (Lipinski definition) is 5. The highest BCUT2D eigenvalue weighted by atomic mass is 19.1. The first kappa shape index (κ1) is 22.8. The van der Waals surface area contributed by atoms with Gasteiger partial charge < -0.3 is 24.5 Å². The SMILES string of the molecule is Cc1ccc([C@H](CNC(=O)COc2ccccc2F)NC(=O)COc2ccccc2F)o1. The lowest BCUT2D eigenvalue weighted by molar-refractivity contribution is -0.125. The normalized spacial score (nSPS) is 11.5. The van der Waals surface area contributed by atoms with Crippen LogP contribution in [0.2, 0.25) is 0 Å². The molecule has 1 atom stereocenters. The number of amides is 2. The Balaban J connectivity index is 1.54. The highest BCUT2D eigenvalue weighted by Gasteiger charge is 2.20. The molecule has 0 unspecified atom stereocenters. The van der Waals surface area contributed by atoms with Crippen molar-refractivity contribution >= 4 is 11.8 Å². The van der Waals surface area contributed by atoms with Crippen LogP contribution in [0.25, 0.3) is 0 Å². The molecule has 0 saturated carbocycles. The number of para-hydroxylation sites is 2. The van der Waals surface area contributed by atoms with E-state index in [9.17, 15) is 18.4 Å². The molecule has 2 aromatic carbocycles. The van der Waals surface area contributed by atoms with Crippen molar-refractivity contribution in [3.8, 4) is 11.5 Å². The lowest BCUT2D eigenvalue weighted by Crippen LogP contribution is -2.40. The lowest BCUT2D eigenvalue weighted by Gasteiger charge is -2.18. The molecule has 9 heteroatoms. The molecule has 3 rings (SSSR count). The zero-order valence-electron chi connectivity index (χ0n) is 17.3. The molecule has 0 saturated heterocycles. The van der Waals surface area contributed by atoms with Gasteiger partial charge in [0.25, 0.3) is 11.8 Å². The number of benzene rings is 2. The van der Waals surface area contributed by atoms with E-state index in [2.05, 4.69) is 10.6 Å². The van der Waals surface area contributed by atoms with Gasteiger partial charge in [0.1, 0.15) is 17.6 Å². The van der Waals surface area contributed by atoms with Crippen molar-refractivity contribution in [1.82, 2.24) is 10.6 Å². The van der Waals surface area contributed by atoms with Gasteiger partial charge in [-0.15, -0.1) is 0 Å². The number of halogens is 2. The molecule has 1 aromatic heterocycles. The van der Waals surface area contributed by atoms with E-state index in [1.165, 1.54) is 36.4 Å². The molecule has 0 radical (unpaired) electrons. The second kappa shape index (κ2) is 10.9. The molecular formula is C23H22F2N2O5. The molecule has 1 heterocycles. The first-order valence-electron chi connectivity index (χ1n) is 9.79. The van der Waals surface area contributed by atoms with Gasteiger partial charge in [-0.05, 0) is 43.3 Å². The van der Waals surface area contributed by atoms with Crippen LogP contribution in [0.3, 0.4) is 0 Å². The maximum atomic E-state index is 13.6. The topological polar surface area (TPSA) is 89.8 Å². The number of rotatable bonds is 10. The van der Waals surface area contributed by atoms with Gasteiger partial charge in [-0.25, -0.2) is 8.78 Å². The molecule has 2 N–H and O–H groups in total. The van der Waals surface area contributed by atoms with Gasteiger partial charge in [-0.3, -0.25) is 9.59 Å². The highest BCUT2D eigenvalue weighted by molar-refractivity contribution is 5.79. The van der Waals surface area contributed by atoms with Gasteiger partial charge in [-0.2, -0.15) is 0 Å². The van der Waals surface area contributed by atoms with Gasteiger partial charge >= 0.3 is 0 Å². The summed E-state index contributed by atoms with van der Waals surface area (Å²) in [4.78, 5) is 24.5. The quantitative estimate of drug-likeness (QED) is 0.501. The average Bonchev–Trinajstić information content (AvgIpc) is 3.21. The summed E-state index contributed by atoms with van der Waals surface area (Å²) in [5, 5.41) is 5.29. The second-order valence-electron chi connectivity index (χ2n) is 6.81. The third-order valence-electron chi connectivity index (χ3n) is 4.33. The van der Waals surface area contributed by atoms with Crippen molar-refractivity contribution < 1.29 is 32.3 Å². The highest BCUT2D eigenvalue weighted by Crippen LogP contribution is 2.18. The van der Waals surface area contributed by atoms with Crippen LogP contribution in [0.1, 0.15) is 17.6 Å². The first-order valence-corrected chi connectivity index (χ1v) is 9.79. The van der Waals surface area contributed by atoms with Crippen LogP contribution in [0, 0.1) is 18.6 Å². The predicted octanol–water partition coefficient (Wildman–Crippen LogP) is 3.30. The molecule has 0 aliphatic heterocycles. The first-order chi connectivity index (χ1) is 15.4. The molecule has 0 aliphatic rings. The monoisotopic (exact) mass is 444 g/mol. The van der Waals surface area contributed by atoms with Crippen molar-refractivity contribution in [2.45, 2.75) is 13.0 Å². The Morgan fingerprint density at radius 1 is 0.875 bits per heavy atom. The number of carbonyl (C=O) groups is 2. The van der Waals surface area contributed by atoms with Crippen molar-refractivity contribution in [2.24, 2.45) is 0 Å². The summed E-state index contributed by atoms with van der Waals surface area (Å²) >= 11 is 0. The minimum atomic E-state index is -0.710. The number of furan rings is 1. The van der Waals surface area contributed by atoms with Gasteiger partial charge in [0.05, 0.1) is 0 Å². The molecule has 168 valence electrons. The van der Waals surface area contributed by atoms with E-state index in [0.29, 0.717) is 11.5 Å². The minimum absolute atomic E-state index is 0.0160. The summed E-state index contributed by atoms with van der Waals surface area (Å²) < 4.78 is 43.2. The summed E-state index contributed by atoms with van der Waals surface area (Å²) in [7, 11) is 0. The van der Waals surface area contributed by atoms with E-state index >= 15 is 0 Å². The Kier molecular flexibility index (Phi) is 7.80. The fraction of sp³-hybridized carbons (Fsp3) is 0.217. The van der Waals surface area contributed by atoms with Gasteiger partial charge in [0, 0.05) is 6.54 Å². The Bertz CT molecular complexity index is 1070. The van der Waals surface area contributed by atoms with Crippen molar-refractivity contribution in [2.75, 3.05) is 19.8 Å². The molecule has 2 amide bonds. The minimum Gasteiger partial charge on any atom is -0.481 e. The van der Waals surface area contributed by atoms with E-state index in [4.69, 9.17) is 13.9 Å². The molecule has 0 bridgehead atoms. The predicted molar refractivity (Wildman–Crippen MR) is 111 cm³/mol. The largest absolute Gasteiger partial charge is 0.481 e. The van der Waals surface area contributed by atoms with Gasteiger partial charge in [0.2, 0.25) is 0 Å². The van der Waals surface area contributed by atoms with Crippen LogP contribution in [0.15, 0.2) is 65.1 Å². The lowest BCUT2D eigenvalue weighted by atomic mass is 10.2. The molecule has 0 spiro atoms. The van der Waals surface area contributed by atoms with Gasteiger partial charge in [0.15, 0.2) is 36.3 Å². The number of aryl methyl sites for hydroxylation is 1. The summed E-state index contributed by atoms with van der Waals surface area (Å²) in [6.07, 6.45) is 0. The van der Waals surface area contributed by atoms with Crippen LogP contribution in [-0.4, -0.2) is 31.6 Å². The number of nitrogens with one attached hydrogen (secondary N) is 2. The second-order valence-corrected chi connectivity index (χ2v) is 6.81. The third-order valence-corrected chi connectivity index (χ3v) is 4.33. The van der Waals surface area contributed by atoms with Crippen LogP contribution in [0.4, 0.5) is 8.78 Å². The standard InChI is InChI=1S/C23H22F2N2O5/c1-15-10-11-21(32-15)18(27-23(29)14-31-20-9-5-3-7-17(20)25)12-26-22(28)13-30-19-8-4-2-6-16(19)24/h2-11,18H,12-14H2,1H3,(H,26,28)(H,27,29)/t18-/m0/s1. The number of hydrogen-bond donors (Lipinski definition) is 2. The van der Waals surface area contributed by atoms with Crippen molar-refractivity contribution in [3.63, 3.8) is 0 Å². The number of carbonyl (C=O) groups excluding carboxylic acids is 2. The van der Waals surface area contributed by atoms with E-state index in [-0.39, 0.29) is 18.0 Å². The van der Waals surface area contributed by atoms with Crippen molar-refractivity contribution in [1.29, 1.82) is 0 Å². The number of ether oxygens (including phenoxy) is 2. The molecule has 32 heavy (non-hydrogen) atoms. The Morgan fingerprint density at radius 3 is 1.97 bits per heavy atom. The summed E-state index contributed by atoms with van der Waals surface area (Å²) in [5.74, 6) is -1.27. The molecular weight excluding hydrogens is 422 g/mol. The molecule has 0 fully saturated rings. The Labute approximate surface area is 183 Å². The fourth-order valence-corrected chi connectivity index (χ4v) is 2.78. The van der Waals surface area contributed by atoms with Crippen molar-refractivity contribution in [3.05, 3.63) is 83.8 Å². The third kappa shape index (κ3) is 6.56. The Morgan fingerprint density at radius 2 is 1.44 bits per heavy atom. The van der Waals surface area contributed by atoms with E-state index < -0.39 is 42.7 Å². The van der Waals surface area contributed by atoms with E-state index in [1.807, 2.05) is 0 Å². The molecule has 0 aliphatic carbocycles. The average molecular weight is 444 g/mol. The summed E-state index contributed by atoms with van der Waals surface area (Å²) in [6, 6.07) is 14.1. The Hall–Kier alpha value is -3.88. The van der Waals surface area contributed by atoms with Crippen LogP contribution in [0.5, 0.6) is 11.5 Å². The van der Waals surface area contributed by atoms with Crippen LogP contribution in [-0.2, 0) is 9.59 Å². The fourth-order valence-electron chi connectivity index (χ4n) is 2.78. The van der Waals surface area contributed by atoms with E-state index in [0.717, 1.165) is 0 Å². The van der Waals surface area contributed by atoms with Gasteiger partial charge in [-0.1, -0.05) is 24.3 Å². The van der Waals surface area contributed by atoms with E-state index in [1.54, 1.807) is 31.2 Å². The molecule has 3 aromatic rings. The zero-order chi connectivity index (χ0) is 22.9. The van der Waals surface area contributed by atoms with Crippen LogP contribution < -0.4 is 20.1 Å². The smallest absolute Gasteiger partial charge is 0.258 e. The zero-order valence-corrected chi connectivity index (χ0v) is 17.3. The summed E-state index contributed by atoms with van der Waals surface area (Å²) in [5.41, 5.74) is 0. The summed E-state index contributed by atoms with van der Waals surface area (Å²) in [6.45, 7) is 0.888. The molecule has 7 nitrogen and oxygen atoms in total. The van der Waals surface area contributed by atoms with Crippen LogP contribution >= 0.6 is 0 Å².